The Balaban J connectivity index is 3.04. The van der Waals surface area contributed by atoms with Crippen LogP contribution in [0.2, 0.25) is 0 Å². The Morgan fingerprint density at radius 1 is 1.65 bits per heavy atom. The Morgan fingerprint density at radius 3 is 2.82 bits per heavy atom. The Morgan fingerprint density at radius 2 is 2.29 bits per heavy atom. The second-order valence-electron chi connectivity index (χ2n) is 3.11. The smallest absolute Gasteiger partial charge is 0.356 e. The molecule has 17 heavy (non-hydrogen) atoms. The van der Waals surface area contributed by atoms with E-state index in [4.69, 9.17) is 5.11 Å². The zero-order valence-corrected chi connectivity index (χ0v) is 11.7. The number of thioether (sulfide) groups is 1. The van der Waals surface area contributed by atoms with E-state index in [1.54, 1.807) is 0 Å². The highest BCUT2D eigenvalue weighted by Crippen LogP contribution is 2.23. The molecule has 0 aromatic carbocycles. The number of nitrogens with zero attached hydrogens (tertiary/aromatic N) is 2. The standard InChI is InChI=1S/C8H12N2O4S3/c1-10(3-4-15-2)17(13,14)8-6(7(11)12)9-5-16-8/h5H,3-4H2,1-2H3,(H,11,12). The first-order valence-electron chi connectivity index (χ1n) is 4.53. The van der Waals surface area contributed by atoms with Crippen LogP contribution in [0.25, 0.3) is 0 Å². The lowest BCUT2D eigenvalue weighted by atomic mass is 10.5. The van der Waals surface area contributed by atoms with Crippen molar-refractivity contribution in [1.82, 2.24) is 9.29 Å². The third-order valence-electron chi connectivity index (χ3n) is 1.99. The first-order chi connectivity index (χ1) is 7.91. The molecule has 0 saturated carbocycles. The zero-order valence-electron chi connectivity index (χ0n) is 9.28. The van der Waals surface area contributed by atoms with Crippen LogP contribution in [0.3, 0.4) is 0 Å². The molecule has 0 bridgehead atoms. The highest BCUT2D eigenvalue weighted by Gasteiger charge is 2.29. The van der Waals surface area contributed by atoms with E-state index < -0.39 is 21.7 Å². The fraction of sp³-hybridized carbons (Fsp3) is 0.500. The molecule has 0 aliphatic carbocycles. The molecule has 0 aliphatic rings. The normalized spacial score (nSPS) is 11.9. The van der Waals surface area contributed by atoms with Gasteiger partial charge in [-0.1, -0.05) is 0 Å². The molecule has 1 N–H and O–H groups in total. The van der Waals surface area contributed by atoms with Crippen molar-refractivity contribution < 1.29 is 18.3 Å². The molecule has 0 amide bonds. The van der Waals surface area contributed by atoms with Crippen LogP contribution in [-0.4, -0.2) is 54.4 Å². The van der Waals surface area contributed by atoms with Gasteiger partial charge in [-0.3, -0.25) is 0 Å². The lowest BCUT2D eigenvalue weighted by Gasteiger charge is -2.15. The van der Waals surface area contributed by atoms with Crippen LogP contribution in [0, 0.1) is 0 Å². The van der Waals surface area contributed by atoms with Gasteiger partial charge in [0.2, 0.25) is 0 Å². The summed E-state index contributed by atoms with van der Waals surface area (Å²) in [5.41, 5.74) is 0.810. The quantitative estimate of drug-likeness (QED) is 0.836. The van der Waals surface area contributed by atoms with Crippen LogP contribution >= 0.6 is 23.1 Å². The van der Waals surface area contributed by atoms with Crippen molar-refractivity contribution in [3.8, 4) is 0 Å². The molecular formula is C8H12N2O4S3. The maximum atomic E-state index is 12.0. The molecule has 0 saturated heterocycles. The molecular weight excluding hydrogens is 284 g/mol. The van der Waals surface area contributed by atoms with Crippen LogP contribution in [0.4, 0.5) is 0 Å². The monoisotopic (exact) mass is 296 g/mol. The molecule has 96 valence electrons. The fourth-order valence-electron chi connectivity index (χ4n) is 1.04. The predicted octanol–water partition coefficient (Wildman–Crippen LogP) is 0.825. The minimum Gasteiger partial charge on any atom is -0.476 e. The molecule has 6 nitrogen and oxygen atoms in total. The lowest BCUT2D eigenvalue weighted by Crippen LogP contribution is -2.29. The van der Waals surface area contributed by atoms with E-state index in [2.05, 4.69) is 4.98 Å². The van der Waals surface area contributed by atoms with Crippen LogP contribution in [0.5, 0.6) is 0 Å². The predicted molar refractivity (Wildman–Crippen MR) is 67.3 cm³/mol. The molecule has 1 heterocycles. The molecule has 1 rings (SSSR count). The van der Waals surface area contributed by atoms with Gasteiger partial charge in [0.15, 0.2) is 9.90 Å². The Kier molecular flexibility index (Phi) is 4.92. The van der Waals surface area contributed by atoms with Crippen LogP contribution in [-0.2, 0) is 10.0 Å². The maximum Gasteiger partial charge on any atom is 0.356 e. The molecule has 0 spiro atoms. The minimum absolute atomic E-state index is 0.214. The summed E-state index contributed by atoms with van der Waals surface area (Å²) in [4.78, 5) is 14.4. The summed E-state index contributed by atoms with van der Waals surface area (Å²) in [7, 11) is -2.32. The molecule has 0 radical (unpaired) electrons. The molecule has 0 atom stereocenters. The van der Waals surface area contributed by atoms with Gasteiger partial charge < -0.3 is 5.11 Å². The molecule has 1 aromatic rings. The van der Waals surface area contributed by atoms with Gasteiger partial charge in [-0.2, -0.15) is 16.1 Å². The van der Waals surface area contributed by atoms with E-state index in [1.807, 2.05) is 6.26 Å². The molecule has 0 fully saturated rings. The average Bonchev–Trinajstić information content (AvgIpc) is 2.75. The number of sulfonamides is 1. The van der Waals surface area contributed by atoms with Gasteiger partial charge in [-0.15, -0.1) is 11.3 Å². The Labute approximate surface area is 108 Å². The summed E-state index contributed by atoms with van der Waals surface area (Å²) < 4.78 is 25.0. The highest BCUT2D eigenvalue weighted by molar-refractivity contribution is 7.98. The van der Waals surface area contributed by atoms with E-state index >= 15 is 0 Å². The maximum absolute atomic E-state index is 12.0. The number of carbonyl (C=O) groups is 1. The van der Waals surface area contributed by atoms with Crippen LogP contribution < -0.4 is 0 Å². The summed E-state index contributed by atoms with van der Waals surface area (Å²) in [6, 6.07) is 0. The molecule has 0 aliphatic heterocycles. The summed E-state index contributed by atoms with van der Waals surface area (Å²) >= 11 is 2.34. The number of thiazole rings is 1. The van der Waals surface area contributed by atoms with E-state index in [-0.39, 0.29) is 4.21 Å². The summed E-state index contributed by atoms with van der Waals surface area (Å²) in [5, 5.41) is 8.83. The number of aromatic carboxylic acids is 1. The average molecular weight is 296 g/mol. The van der Waals surface area contributed by atoms with Crippen molar-refractivity contribution in [3.63, 3.8) is 0 Å². The molecule has 9 heteroatoms. The van der Waals surface area contributed by atoms with Gasteiger partial charge in [0.1, 0.15) is 0 Å². The first-order valence-corrected chi connectivity index (χ1v) is 8.24. The number of carboxylic acid groups (broad SMARTS) is 1. The van der Waals surface area contributed by atoms with Crippen molar-refractivity contribution in [3.05, 3.63) is 11.2 Å². The van der Waals surface area contributed by atoms with Crippen molar-refractivity contribution in [2.24, 2.45) is 0 Å². The Bertz CT molecular complexity index is 497. The van der Waals surface area contributed by atoms with Crippen molar-refractivity contribution in [2.45, 2.75) is 4.21 Å². The lowest BCUT2D eigenvalue weighted by molar-refractivity contribution is 0.0687. The summed E-state index contributed by atoms with van der Waals surface area (Å²) in [6.45, 7) is 0.334. The van der Waals surface area contributed by atoms with Crippen LogP contribution in [0.15, 0.2) is 9.72 Å². The van der Waals surface area contributed by atoms with E-state index in [1.165, 1.54) is 24.3 Å². The van der Waals surface area contributed by atoms with Gasteiger partial charge in [0, 0.05) is 19.3 Å². The topological polar surface area (TPSA) is 87.6 Å². The minimum atomic E-state index is -3.75. The van der Waals surface area contributed by atoms with Crippen molar-refractivity contribution in [1.29, 1.82) is 0 Å². The fourth-order valence-corrected chi connectivity index (χ4v) is 4.12. The van der Waals surface area contributed by atoms with E-state index in [0.717, 1.165) is 15.6 Å². The third-order valence-corrected chi connectivity index (χ3v) is 5.79. The van der Waals surface area contributed by atoms with Gasteiger partial charge >= 0.3 is 5.97 Å². The number of hydrogen-bond acceptors (Lipinski definition) is 6. The molecule has 1 aromatic heterocycles. The number of aromatic nitrogens is 1. The first kappa shape index (κ1) is 14.4. The molecule has 0 unspecified atom stereocenters. The van der Waals surface area contributed by atoms with E-state index in [9.17, 15) is 13.2 Å². The second-order valence-corrected chi connectivity index (χ2v) is 7.19. The van der Waals surface area contributed by atoms with Crippen LogP contribution in [0.1, 0.15) is 10.5 Å². The van der Waals surface area contributed by atoms with Gasteiger partial charge in [0.05, 0.1) is 5.51 Å². The zero-order chi connectivity index (χ0) is 13.1. The Hall–Kier alpha value is -0.640. The number of carboxylic acids is 1. The van der Waals surface area contributed by atoms with Gasteiger partial charge in [-0.05, 0) is 6.26 Å². The van der Waals surface area contributed by atoms with Crippen molar-refractivity contribution in [2.75, 3.05) is 25.6 Å². The number of hydrogen-bond donors (Lipinski definition) is 1. The SMILES string of the molecule is CSCCN(C)S(=O)(=O)c1scnc1C(=O)O. The van der Waals surface area contributed by atoms with Crippen molar-refractivity contribution >= 4 is 39.1 Å². The second kappa shape index (κ2) is 5.80. The summed E-state index contributed by atoms with van der Waals surface area (Å²) in [5.74, 6) is -0.681. The van der Waals surface area contributed by atoms with E-state index in [0.29, 0.717) is 12.3 Å². The van der Waals surface area contributed by atoms with Gasteiger partial charge in [0.25, 0.3) is 10.0 Å². The third kappa shape index (κ3) is 3.18. The highest BCUT2D eigenvalue weighted by atomic mass is 32.2. The summed E-state index contributed by atoms with van der Waals surface area (Å²) in [6.07, 6.45) is 1.87. The number of rotatable bonds is 6. The largest absolute Gasteiger partial charge is 0.476 e. The van der Waals surface area contributed by atoms with Gasteiger partial charge in [-0.25, -0.2) is 18.2 Å².